The number of hydrogen-bond donors (Lipinski definition) is 1. The zero-order valence-electron chi connectivity index (χ0n) is 3.65. The van der Waals surface area contributed by atoms with E-state index in [2.05, 4.69) is 5.73 Å². The van der Waals surface area contributed by atoms with Crippen molar-refractivity contribution in [3.8, 4) is 0 Å². The lowest BCUT2D eigenvalue weighted by Gasteiger charge is -1.87. The smallest absolute Gasteiger partial charge is 0.148 e. The van der Waals surface area contributed by atoms with Crippen LogP contribution in [-0.2, 0) is 0 Å². The molecule has 6 heavy (non-hydrogen) atoms. The fourth-order valence-corrected chi connectivity index (χ4v) is 0. The Hall–Kier alpha value is 0.180. The summed E-state index contributed by atoms with van der Waals surface area (Å²) in [5.74, 6) is 0. The van der Waals surface area contributed by atoms with Crippen molar-refractivity contribution < 1.29 is 4.39 Å². The van der Waals surface area contributed by atoms with Crippen LogP contribution in [0, 0.1) is 0 Å². The molecule has 0 aromatic heterocycles. The van der Waals surface area contributed by atoms with E-state index in [1.165, 1.54) is 0 Å². The molecule has 3 heteroatoms. The quantitative estimate of drug-likeness (QED) is 0.506. The number of rotatable bonds is 1. The van der Waals surface area contributed by atoms with Crippen LogP contribution in [0.5, 0.6) is 0 Å². The Kier molecular flexibility index (Phi) is 8.19. The van der Waals surface area contributed by atoms with Crippen LogP contribution in [0.15, 0.2) is 0 Å². The van der Waals surface area contributed by atoms with Crippen LogP contribution in [-0.4, -0.2) is 6.30 Å². The third kappa shape index (κ3) is 8.89. The molecule has 0 amide bonds. The molecule has 2 N–H and O–H groups in total. The Morgan fingerprint density at radius 1 is 1.83 bits per heavy atom. The van der Waals surface area contributed by atoms with Gasteiger partial charge in [-0.15, -0.1) is 12.4 Å². The minimum atomic E-state index is -1.12. The molecule has 0 spiro atoms. The molecule has 0 saturated heterocycles. The molecular formula is C3H9ClFN. The first-order valence-corrected chi connectivity index (χ1v) is 1.67. The van der Waals surface area contributed by atoms with Gasteiger partial charge in [-0.3, -0.25) is 0 Å². The molecule has 40 valence electrons. The average Bonchev–Trinajstić information content (AvgIpc) is 1.38. The second-order valence-corrected chi connectivity index (χ2v) is 0.924. The molecular weight excluding hydrogens is 104 g/mol. The number of nitrogens with two attached hydrogens (primary N) is 1. The average molecular weight is 114 g/mol. The third-order valence-electron chi connectivity index (χ3n) is 0.390. The summed E-state index contributed by atoms with van der Waals surface area (Å²) in [6.45, 7) is 1.70. The Labute approximate surface area is 43.1 Å². The summed E-state index contributed by atoms with van der Waals surface area (Å²) < 4.78 is 11.2. The van der Waals surface area contributed by atoms with Crippen molar-refractivity contribution in [3.63, 3.8) is 0 Å². The van der Waals surface area contributed by atoms with Gasteiger partial charge in [-0.05, 0) is 6.42 Å². The van der Waals surface area contributed by atoms with Crippen LogP contribution in [0.4, 0.5) is 4.39 Å². The minimum Gasteiger partial charge on any atom is -0.302 e. The first-order valence-electron chi connectivity index (χ1n) is 1.67. The molecule has 0 aromatic carbocycles. The second kappa shape index (κ2) is 5.18. The van der Waals surface area contributed by atoms with Gasteiger partial charge in [0.2, 0.25) is 0 Å². The van der Waals surface area contributed by atoms with E-state index in [0.29, 0.717) is 6.42 Å². The maximum Gasteiger partial charge on any atom is 0.148 e. The van der Waals surface area contributed by atoms with Gasteiger partial charge in [0.15, 0.2) is 0 Å². The third-order valence-corrected chi connectivity index (χ3v) is 0.390. The summed E-state index contributed by atoms with van der Waals surface area (Å²) in [7, 11) is 0. The summed E-state index contributed by atoms with van der Waals surface area (Å²) in [4.78, 5) is 0. The molecule has 1 unspecified atom stereocenters. The van der Waals surface area contributed by atoms with E-state index in [-0.39, 0.29) is 12.4 Å². The number of halogens is 2. The monoisotopic (exact) mass is 113 g/mol. The number of alkyl halides is 1. The molecule has 1 nitrogen and oxygen atoms in total. The van der Waals surface area contributed by atoms with Crippen LogP contribution < -0.4 is 5.73 Å². The highest BCUT2D eigenvalue weighted by molar-refractivity contribution is 5.85. The SMILES string of the molecule is CCC(N)F.Cl. The van der Waals surface area contributed by atoms with E-state index in [9.17, 15) is 4.39 Å². The van der Waals surface area contributed by atoms with Crippen LogP contribution in [0.3, 0.4) is 0 Å². The largest absolute Gasteiger partial charge is 0.302 e. The predicted molar refractivity (Wildman–Crippen MR) is 26.6 cm³/mol. The maximum atomic E-state index is 11.2. The summed E-state index contributed by atoms with van der Waals surface area (Å²) in [6, 6.07) is 0. The van der Waals surface area contributed by atoms with Crippen LogP contribution >= 0.6 is 12.4 Å². The Morgan fingerprint density at radius 2 is 2.00 bits per heavy atom. The summed E-state index contributed by atoms with van der Waals surface area (Å²) in [5.41, 5.74) is 4.62. The first kappa shape index (κ1) is 9.49. The van der Waals surface area contributed by atoms with Gasteiger partial charge in [-0.25, -0.2) is 4.39 Å². The Balaban J connectivity index is 0. The first-order chi connectivity index (χ1) is 2.27. The number of hydrogen-bond acceptors (Lipinski definition) is 1. The van der Waals surface area contributed by atoms with E-state index in [1.54, 1.807) is 6.92 Å². The van der Waals surface area contributed by atoms with Crippen molar-refractivity contribution in [3.05, 3.63) is 0 Å². The predicted octanol–water partition coefficient (Wildman–Crippen LogP) is 1.07. The Bertz CT molecular complexity index is 24.8. The molecule has 0 bridgehead atoms. The van der Waals surface area contributed by atoms with Gasteiger partial charge in [0.25, 0.3) is 0 Å². The molecule has 0 fully saturated rings. The summed E-state index contributed by atoms with van der Waals surface area (Å²) >= 11 is 0. The van der Waals surface area contributed by atoms with Crippen LogP contribution in [0.2, 0.25) is 0 Å². The van der Waals surface area contributed by atoms with Gasteiger partial charge in [0.1, 0.15) is 6.30 Å². The van der Waals surface area contributed by atoms with E-state index in [4.69, 9.17) is 0 Å². The zero-order chi connectivity index (χ0) is 4.28. The van der Waals surface area contributed by atoms with Crippen molar-refractivity contribution in [1.82, 2.24) is 0 Å². The van der Waals surface area contributed by atoms with Crippen LogP contribution in [0.1, 0.15) is 13.3 Å². The molecule has 0 aliphatic rings. The zero-order valence-corrected chi connectivity index (χ0v) is 4.46. The highest BCUT2D eigenvalue weighted by atomic mass is 35.5. The van der Waals surface area contributed by atoms with Crippen molar-refractivity contribution in [2.45, 2.75) is 19.6 Å². The highest BCUT2D eigenvalue weighted by Gasteiger charge is 1.85. The van der Waals surface area contributed by atoms with Gasteiger partial charge in [-0.2, -0.15) is 0 Å². The second-order valence-electron chi connectivity index (χ2n) is 0.924. The lowest BCUT2D eigenvalue weighted by Crippen LogP contribution is -2.09. The van der Waals surface area contributed by atoms with Gasteiger partial charge in [-0.1, -0.05) is 6.92 Å². The lowest BCUT2D eigenvalue weighted by molar-refractivity contribution is 0.335. The van der Waals surface area contributed by atoms with E-state index in [0.717, 1.165) is 0 Å². The highest BCUT2D eigenvalue weighted by Crippen LogP contribution is 1.81. The van der Waals surface area contributed by atoms with Gasteiger partial charge in [0.05, 0.1) is 0 Å². The molecule has 0 heterocycles. The van der Waals surface area contributed by atoms with Crippen molar-refractivity contribution in [2.75, 3.05) is 0 Å². The standard InChI is InChI=1S/C3H8FN.ClH/c1-2-3(4)5;/h3H,2,5H2,1H3;1H. The van der Waals surface area contributed by atoms with Gasteiger partial charge >= 0.3 is 0 Å². The maximum absolute atomic E-state index is 11.2. The normalized spacial score (nSPS) is 12.5. The molecule has 0 aliphatic carbocycles. The van der Waals surface area contributed by atoms with Gasteiger partial charge < -0.3 is 5.73 Å². The molecule has 0 rings (SSSR count). The fraction of sp³-hybridized carbons (Fsp3) is 1.00. The van der Waals surface area contributed by atoms with Gasteiger partial charge in [0, 0.05) is 0 Å². The fourth-order valence-electron chi connectivity index (χ4n) is 0. The van der Waals surface area contributed by atoms with Crippen molar-refractivity contribution in [2.24, 2.45) is 5.73 Å². The summed E-state index contributed by atoms with van der Waals surface area (Å²) in [5, 5.41) is 0. The van der Waals surface area contributed by atoms with E-state index in [1.807, 2.05) is 0 Å². The van der Waals surface area contributed by atoms with E-state index < -0.39 is 6.30 Å². The molecule has 0 aromatic rings. The molecule has 0 radical (unpaired) electrons. The van der Waals surface area contributed by atoms with Crippen molar-refractivity contribution >= 4 is 12.4 Å². The topological polar surface area (TPSA) is 26.0 Å². The Morgan fingerprint density at radius 3 is 2.00 bits per heavy atom. The van der Waals surface area contributed by atoms with E-state index >= 15 is 0 Å². The van der Waals surface area contributed by atoms with Crippen LogP contribution in [0.25, 0.3) is 0 Å². The minimum absolute atomic E-state index is 0. The molecule has 0 saturated carbocycles. The molecule has 0 aliphatic heterocycles. The van der Waals surface area contributed by atoms with Crippen molar-refractivity contribution in [1.29, 1.82) is 0 Å². The molecule has 1 atom stereocenters. The lowest BCUT2D eigenvalue weighted by atomic mass is 10.5. The summed E-state index contributed by atoms with van der Waals surface area (Å²) in [6.07, 6.45) is -0.699.